The summed E-state index contributed by atoms with van der Waals surface area (Å²) in [4.78, 5) is 25.0. The second-order valence-electron chi connectivity index (χ2n) is 6.73. The summed E-state index contributed by atoms with van der Waals surface area (Å²) in [6.45, 7) is 7.96. The molecule has 144 valence electrons. The minimum absolute atomic E-state index is 0.0459. The lowest BCUT2D eigenvalue weighted by molar-refractivity contribution is 0.198. The number of nitrogens with zero attached hydrogens (tertiary/aromatic N) is 4. The number of aromatic nitrogens is 2. The summed E-state index contributed by atoms with van der Waals surface area (Å²) in [5.41, 5.74) is 2.26. The summed E-state index contributed by atoms with van der Waals surface area (Å²) in [7, 11) is 0. The van der Waals surface area contributed by atoms with Crippen molar-refractivity contribution in [3.63, 3.8) is 0 Å². The van der Waals surface area contributed by atoms with Gasteiger partial charge in [-0.15, -0.1) is 0 Å². The van der Waals surface area contributed by atoms with Gasteiger partial charge in [-0.3, -0.25) is 0 Å². The summed E-state index contributed by atoms with van der Waals surface area (Å²) in [5, 5.41) is 2.95. The Kier molecular flexibility index (Phi) is 6.46. The molecule has 1 aliphatic rings. The van der Waals surface area contributed by atoms with Crippen LogP contribution >= 0.6 is 0 Å². The van der Waals surface area contributed by atoms with E-state index in [9.17, 15) is 4.79 Å². The molecule has 0 atom stereocenters. The highest BCUT2D eigenvalue weighted by molar-refractivity contribution is 5.74. The van der Waals surface area contributed by atoms with Crippen molar-refractivity contribution in [2.75, 3.05) is 44.2 Å². The van der Waals surface area contributed by atoms with E-state index in [2.05, 4.69) is 26.3 Å². The van der Waals surface area contributed by atoms with Gasteiger partial charge in [0.1, 0.15) is 12.4 Å². The van der Waals surface area contributed by atoms with Crippen molar-refractivity contribution in [1.82, 2.24) is 20.2 Å². The molecule has 2 heterocycles. The molecule has 2 amide bonds. The van der Waals surface area contributed by atoms with E-state index in [0.717, 1.165) is 48.9 Å². The SMILES string of the molecule is Cc1ccc(C)c(OCCNC(=O)N2CCCN(c3ncccn3)CC2)c1. The van der Waals surface area contributed by atoms with Gasteiger partial charge in [0.2, 0.25) is 5.95 Å². The maximum atomic E-state index is 12.4. The monoisotopic (exact) mass is 369 g/mol. The number of hydrogen-bond donors (Lipinski definition) is 1. The van der Waals surface area contributed by atoms with Crippen LogP contribution in [0.5, 0.6) is 5.75 Å². The highest BCUT2D eigenvalue weighted by Gasteiger charge is 2.20. The molecule has 27 heavy (non-hydrogen) atoms. The van der Waals surface area contributed by atoms with Crippen LogP contribution in [0.3, 0.4) is 0 Å². The van der Waals surface area contributed by atoms with Gasteiger partial charge in [0, 0.05) is 38.6 Å². The molecule has 2 aromatic rings. The van der Waals surface area contributed by atoms with Crippen LogP contribution in [0.4, 0.5) is 10.7 Å². The van der Waals surface area contributed by atoms with E-state index in [1.54, 1.807) is 18.5 Å². The molecule has 0 spiro atoms. The molecule has 1 fully saturated rings. The number of hydrogen-bond acceptors (Lipinski definition) is 5. The Morgan fingerprint density at radius 3 is 2.78 bits per heavy atom. The molecule has 3 rings (SSSR count). The smallest absolute Gasteiger partial charge is 0.317 e. The average Bonchev–Trinajstić information content (AvgIpc) is 2.94. The second-order valence-corrected chi connectivity index (χ2v) is 6.73. The van der Waals surface area contributed by atoms with E-state index < -0.39 is 0 Å². The molecule has 1 aromatic carbocycles. The van der Waals surface area contributed by atoms with Crippen molar-refractivity contribution in [1.29, 1.82) is 0 Å². The molecular formula is C20H27N5O2. The highest BCUT2D eigenvalue weighted by Crippen LogP contribution is 2.18. The van der Waals surface area contributed by atoms with Gasteiger partial charge in [0.05, 0.1) is 6.54 Å². The van der Waals surface area contributed by atoms with E-state index in [4.69, 9.17) is 4.74 Å². The zero-order valence-electron chi connectivity index (χ0n) is 16.0. The molecule has 7 heteroatoms. The van der Waals surface area contributed by atoms with Gasteiger partial charge in [0.25, 0.3) is 0 Å². The minimum Gasteiger partial charge on any atom is -0.491 e. The number of carbonyl (C=O) groups is 1. The van der Waals surface area contributed by atoms with Crippen molar-refractivity contribution >= 4 is 12.0 Å². The summed E-state index contributed by atoms with van der Waals surface area (Å²) in [6, 6.07) is 7.89. The molecule has 0 saturated carbocycles. The van der Waals surface area contributed by atoms with Gasteiger partial charge >= 0.3 is 6.03 Å². The van der Waals surface area contributed by atoms with Crippen LogP contribution < -0.4 is 15.0 Å². The zero-order chi connectivity index (χ0) is 19.1. The molecule has 0 radical (unpaired) electrons. The van der Waals surface area contributed by atoms with Crippen molar-refractivity contribution in [3.8, 4) is 5.75 Å². The predicted molar refractivity (Wildman–Crippen MR) is 105 cm³/mol. The summed E-state index contributed by atoms with van der Waals surface area (Å²) in [5.74, 6) is 1.60. The van der Waals surface area contributed by atoms with Gasteiger partial charge in [-0.25, -0.2) is 14.8 Å². The van der Waals surface area contributed by atoms with Gasteiger partial charge in [0.15, 0.2) is 0 Å². The fourth-order valence-electron chi connectivity index (χ4n) is 3.07. The van der Waals surface area contributed by atoms with Crippen LogP contribution in [0.15, 0.2) is 36.7 Å². The summed E-state index contributed by atoms with van der Waals surface area (Å²) in [6.07, 6.45) is 4.38. The number of anilines is 1. The predicted octanol–water partition coefficient (Wildman–Crippen LogP) is 2.39. The number of nitrogens with one attached hydrogen (secondary N) is 1. The van der Waals surface area contributed by atoms with Crippen LogP contribution in [0.1, 0.15) is 17.5 Å². The number of amides is 2. The van der Waals surface area contributed by atoms with Crippen molar-refractivity contribution in [3.05, 3.63) is 47.8 Å². The molecule has 1 saturated heterocycles. The van der Waals surface area contributed by atoms with Gasteiger partial charge in [-0.1, -0.05) is 12.1 Å². The molecule has 7 nitrogen and oxygen atoms in total. The maximum Gasteiger partial charge on any atom is 0.317 e. The Labute approximate surface area is 160 Å². The summed E-state index contributed by atoms with van der Waals surface area (Å²) >= 11 is 0. The molecule has 1 N–H and O–H groups in total. The van der Waals surface area contributed by atoms with E-state index in [1.165, 1.54) is 0 Å². The fraction of sp³-hybridized carbons (Fsp3) is 0.450. The Morgan fingerprint density at radius 1 is 1.15 bits per heavy atom. The van der Waals surface area contributed by atoms with Crippen LogP contribution in [0.25, 0.3) is 0 Å². The first-order chi connectivity index (χ1) is 13.1. The number of benzene rings is 1. The van der Waals surface area contributed by atoms with Crippen molar-refractivity contribution in [2.45, 2.75) is 20.3 Å². The van der Waals surface area contributed by atoms with E-state index >= 15 is 0 Å². The molecule has 0 bridgehead atoms. The van der Waals surface area contributed by atoms with E-state index in [1.807, 2.05) is 30.9 Å². The Morgan fingerprint density at radius 2 is 1.96 bits per heavy atom. The van der Waals surface area contributed by atoms with Crippen molar-refractivity contribution < 1.29 is 9.53 Å². The number of aryl methyl sites for hydroxylation is 2. The Balaban J connectivity index is 1.42. The third-order valence-corrected chi connectivity index (χ3v) is 4.60. The van der Waals surface area contributed by atoms with E-state index in [0.29, 0.717) is 19.7 Å². The average molecular weight is 369 g/mol. The first-order valence-corrected chi connectivity index (χ1v) is 9.38. The van der Waals surface area contributed by atoms with Crippen molar-refractivity contribution in [2.24, 2.45) is 0 Å². The fourth-order valence-corrected chi connectivity index (χ4v) is 3.07. The first kappa shape index (κ1) is 18.9. The Hall–Kier alpha value is -2.83. The second kappa shape index (κ2) is 9.21. The standard InChI is InChI=1S/C20H27N5O2/c1-16-5-6-17(2)18(15-16)27-14-9-23-20(26)25-11-4-10-24(12-13-25)19-21-7-3-8-22-19/h3,5-8,15H,4,9-14H2,1-2H3,(H,23,26). The van der Waals surface area contributed by atoms with Crippen LogP contribution in [-0.2, 0) is 0 Å². The first-order valence-electron chi connectivity index (χ1n) is 9.38. The van der Waals surface area contributed by atoms with Crippen LogP contribution in [-0.4, -0.2) is 60.2 Å². The quantitative estimate of drug-likeness (QED) is 0.820. The van der Waals surface area contributed by atoms with Gasteiger partial charge in [-0.05, 0) is 43.5 Å². The number of urea groups is 1. The Bertz CT molecular complexity index is 753. The number of ether oxygens (including phenoxy) is 1. The third kappa shape index (κ3) is 5.32. The number of rotatable bonds is 5. The summed E-state index contributed by atoms with van der Waals surface area (Å²) < 4.78 is 5.80. The third-order valence-electron chi connectivity index (χ3n) is 4.60. The minimum atomic E-state index is -0.0459. The normalized spacial score (nSPS) is 14.6. The van der Waals surface area contributed by atoms with Gasteiger partial charge in [-0.2, -0.15) is 0 Å². The molecule has 0 aliphatic carbocycles. The van der Waals surface area contributed by atoms with E-state index in [-0.39, 0.29) is 6.03 Å². The van der Waals surface area contributed by atoms with Gasteiger partial charge < -0.3 is 19.9 Å². The lowest BCUT2D eigenvalue weighted by Crippen LogP contribution is -2.43. The maximum absolute atomic E-state index is 12.4. The van der Waals surface area contributed by atoms with Crippen LogP contribution in [0, 0.1) is 13.8 Å². The topological polar surface area (TPSA) is 70.6 Å². The van der Waals surface area contributed by atoms with Crippen LogP contribution in [0.2, 0.25) is 0 Å². The zero-order valence-corrected chi connectivity index (χ0v) is 16.0. The number of carbonyl (C=O) groups excluding carboxylic acids is 1. The lowest BCUT2D eigenvalue weighted by atomic mass is 10.1. The highest BCUT2D eigenvalue weighted by atomic mass is 16.5. The molecular weight excluding hydrogens is 342 g/mol. The molecule has 0 unspecified atom stereocenters. The lowest BCUT2D eigenvalue weighted by Gasteiger charge is -2.22. The molecule has 1 aromatic heterocycles. The largest absolute Gasteiger partial charge is 0.491 e. The molecule has 1 aliphatic heterocycles.